The van der Waals surface area contributed by atoms with E-state index in [4.69, 9.17) is 0 Å². The van der Waals surface area contributed by atoms with Crippen molar-refractivity contribution in [2.75, 3.05) is 17.2 Å². The van der Waals surface area contributed by atoms with Gasteiger partial charge in [0.25, 0.3) is 5.91 Å². The maximum absolute atomic E-state index is 12.5. The number of unbranched alkanes of at least 4 members (excludes halogenated alkanes) is 2. The molecule has 134 valence electrons. The van der Waals surface area contributed by atoms with Gasteiger partial charge in [0.05, 0.1) is 12.4 Å². The number of rotatable bonds is 9. The normalized spacial score (nSPS) is 10.5. The zero-order valence-corrected chi connectivity index (χ0v) is 15.4. The van der Waals surface area contributed by atoms with Crippen molar-refractivity contribution in [3.8, 4) is 0 Å². The number of nitrogens with zero attached hydrogens (tertiary/aromatic N) is 2. The van der Waals surface area contributed by atoms with Gasteiger partial charge < -0.3 is 10.6 Å². The lowest BCUT2D eigenvalue weighted by Crippen LogP contribution is -2.17. The number of carbonyl (C=O) groups excluding carboxylic acids is 1. The molecule has 0 fully saturated rings. The molecule has 0 spiro atoms. The highest BCUT2D eigenvalue weighted by molar-refractivity contribution is 6.03. The van der Waals surface area contributed by atoms with Crippen molar-refractivity contribution in [2.24, 2.45) is 0 Å². The number of aryl methyl sites for hydroxylation is 2. The van der Waals surface area contributed by atoms with Crippen LogP contribution in [0.2, 0.25) is 0 Å². The topological polar surface area (TPSA) is 66.9 Å². The third kappa shape index (κ3) is 5.28. The number of aromatic nitrogens is 2. The lowest BCUT2D eigenvalue weighted by atomic mass is 10.0. The van der Waals surface area contributed by atoms with Gasteiger partial charge in [-0.2, -0.15) is 0 Å². The molecule has 0 saturated carbocycles. The minimum absolute atomic E-state index is 0.222. The minimum atomic E-state index is -0.222. The van der Waals surface area contributed by atoms with Crippen molar-refractivity contribution >= 4 is 17.4 Å². The van der Waals surface area contributed by atoms with Crippen LogP contribution in [0.3, 0.4) is 0 Å². The highest BCUT2D eigenvalue weighted by atomic mass is 16.1. The van der Waals surface area contributed by atoms with E-state index in [1.165, 1.54) is 19.0 Å². The first-order valence-corrected chi connectivity index (χ1v) is 9.17. The fourth-order valence-electron chi connectivity index (χ4n) is 2.71. The summed E-state index contributed by atoms with van der Waals surface area (Å²) in [5, 5.41) is 6.24. The molecule has 0 saturated heterocycles. The largest absolute Gasteiger partial charge is 0.369 e. The minimum Gasteiger partial charge on any atom is -0.369 e. The quantitative estimate of drug-likeness (QED) is 0.662. The average molecular weight is 340 g/mol. The molecule has 1 aromatic heterocycles. The Kier molecular flexibility index (Phi) is 7.38. The molecule has 1 amide bonds. The van der Waals surface area contributed by atoms with Crippen LogP contribution in [0.15, 0.2) is 30.6 Å². The van der Waals surface area contributed by atoms with Crippen LogP contribution in [-0.2, 0) is 12.8 Å². The van der Waals surface area contributed by atoms with Crippen molar-refractivity contribution in [2.45, 2.75) is 52.9 Å². The van der Waals surface area contributed by atoms with Crippen LogP contribution in [0.4, 0.5) is 11.5 Å². The number of nitrogens with one attached hydrogen (secondary N) is 2. The first-order valence-electron chi connectivity index (χ1n) is 9.17. The Morgan fingerprint density at radius 1 is 1.00 bits per heavy atom. The van der Waals surface area contributed by atoms with Crippen LogP contribution in [0, 0.1) is 0 Å². The van der Waals surface area contributed by atoms with E-state index in [1.54, 1.807) is 6.20 Å². The third-order valence-corrected chi connectivity index (χ3v) is 4.21. The SMILES string of the molecule is CCCCCNc1cnc(C(=O)Nc2c(CC)cccc2CC)cn1. The molecule has 1 heterocycles. The highest BCUT2D eigenvalue weighted by Gasteiger charge is 2.13. The molecule has 0 bridgehead atoms. The smallest absolute Gasteiger partial charge is 0.275 e. The summed E-state index contributed by atoms with van der Waals surface area (Å²) in [6, 6.07) is 6.12. The number of anilines is 2. The first kappa shape index (κ1) is 18.9. The summed E-state index contributed by atoms with van der Waals surface area (Å²) >= 11 is 0. The van der Waals surface area contributed by atoms with Crippen LogP contribution >= 0.6 is 0 Å². The number of para-hydroxylation sites is 1. The summed E-state index contributed by atoms with van der Waals surface area (Å²) in [6.45, 7) is 7.22. The monoisotopic (exact) mass is 340 g/mol. The molecule has 25 heavy (non-hydrogen) atoms. The first-order chi connectivity index (χ1) is 12.2. The molecule has 2 aromatic rings. The fraction of sp³-hybridized carbons (Fsp3) is 0.450. The van der Waals surface area contributed by atoms with E-state index in [1.807, 2.05) is 18.2 Å². The van der Waals surface area contributed by atoms with Crippen molar-refractivity contribution in [3.63, 3.8) is 0 Å². The van der Waals surface area contributed by atoms with E-state index in [9.17, 15) is 4.79 Å². The third-order valence-electron chi connectivity index (χ3n) is 4.21. The van der Waals surface area contributed by atoms with Gasteiger partial charge in [0.15, 0.2) is 0 Å². The van der Waals surface area contributed by atoms with Crippen LogP contribution in [0.1, 0.15) is 61.6 Å². The van der Waals surface area contributed by atoms with Gasteiger partial charge in [0.2, 0.25) is 0 Å². The summed E-state index contributed by atoms with van der Waals surface area (Å²) in [6.07, 6.45) is 8.37. The molecule has 0 aliphatic carbocycles. The number of benzene rings is 1. The number of carbonyl (C=O) groups is 1. The second-order valence-corrected chi connectivity index (χ2v) is 6.03. The molecule has 0 radical (unpaired) electrons. The zero-order valence-electron chi connectivity index (χ0n) is 15.4. The molecule has 0 aliphatic heterocycles. The standard InChI is InChI=1S/C20H28N4O/c1-4-7-8-12-21-18-14-22-17(13-23-18)20(25)24-19-15(5-2)10-9-11-16(19)6-3/h9-11,13-14H,4-8,12H2,1-3H3,(H,21,23)(H,24,25). The molecular weight excluding hydrogens is 312 g/mol. The van der Waals surface area contributed by atoms with Gasteiger partial charge in [-0.05, 0) is 30.4 Å². The van der Waals surface area contributed by atoms with Gasteiger partial charge in [-0.25, -0.2) is 9.97 Å². The van der Waals surface area contributed by atoms with Gasteiger partial charge in [-0.1, -0.05) is 51.8 Å². The van der Waals surface area contributed by atoms with Crippen LogP contribution in [0.5, 0.6) is 0 Å². The summed E-state index contributed by atoms with van der Waals surface area (Å²) in [7, 11) is 0. The average Bonchev–Trinajstić information content (AvgIpc) is 2.65. The molecule has 1 aromatic carbocycles. The zero-order chi connectivity index (χ0) is 18.1. The van der Waals surface area contributed by atoms with Gasteiger partial charge in [-0.3, -0.25) is 4.79 Å². The van der Waals surface area contributed by atoms with Crippen molar-refractivity contribution in [3.05, 3.63) is 47.4 Å². The maximum Gasteiger partial charge on any atom is 0.275 e. The fourth-order valence-corrected chi connectivity index (χ4v) is 2.71. The van der Waals surface area contributed by atoms with Gasteiger partial charge in [0, 0.05) is 12.2 Å². The van der Waals surface area contributed by atoms with Gasteiger partial charge in [0.1, 0.15) is 11.5 Å². The molecule has 2 rings (SSSR count). The van der Waals surface area contributed by atoms with Crippen LogP contribution < -0.4 is 10.6 Å². The predicted molar refractivity (Wildman–Crippen MR) is 103 cm³/mol. The van der Waals surface area contributed by atoms with Crippen molar-refractivity contribution in [1.29, 1.82) is 0 Å². The Labute approximate surface area is 150 Å². The summed E-state index contributed by atoms with van der Waals surface area (Å²) in [5.41, 5.74) is 3.50. The van der Waals surface area contributed by atoms with E-state index in [0.717, 1.165) is 42.6 Å². The Balaban J connectivity index is 2.04. The van der Waals surface area contributed by atoms with Crippen molar-refractivity contribution < 1.29 is 4.79 Å². The van der Waals surface area contributed by atoms with Gasteiger partial charge in [-0.15, -0.1) is 0 Å². The molecule has 0 aliphatic rings. The second-order valence-electron chi connectivity index (χ2n) is 6.03. The molecule has 5 nitrogen and oxygen atoms in total. The van der Waals surface area contributed by atoms with E-state index in [-0.39, 0.29) is 5.91 Å². The lowest BCUT2D eigenvalue weighted by Gasteiger charge is -2.14. The molecule has 5 heteroatoms. The molecule has 0 unspecified atom stereocenters. The maximum atomic E-state index is 12.5. The highest BCUT2D eigenvalue weighted by Crippen LogP contribution is 2.23. The van der Waals surface area contributed by atoms with Crippen LogP contribution in [0.25, 0.3) is 0 Å². The molecule has 0 atom stereocenters. The predicted octanol–water partition coefficient (Wildman–Crippen LogP) is 4.46. The summed E-state index contributed by atoms with van der Waals surface area (Å²) in [5.74, 6) is 0.483. The van der Waals surface area contributed by atoms with E-state index >= 15 is 0 Å². The van der Waals surface area contributed by atoms with Crippen molar-refractivity contribution in [1.82, 2.24) is 9.97 Å². The number of hydrogen-bond acceptors (Lipinski definition) is 4. The van der Waals surface area contributed by atoms with E-state index in [0.29, 0.717) is 11.5 Å². The Hall–Kier alpha value is -2.43. The molecular formula is C20H28N4O. The second kappa shape index (κ2) is 9.77. The van der Waals surface area contributed by atoms with Crippen LogP contribution in [-0.4, -0.2) is 22.4 Å². The van der Waals surface area contributed by atoms with E-state index < -0.39 is 0 Å². The number of amides is 1. The Morgan fingerprint density at radius 2 is 1.72 bits per heavy atom. The Bertz CT molecular complexity index is 660. The van der Waals surface area contributed by atoms with Gasteiger partial charge >= 0.3 is 0 Å². The molecule has 2 N–H and O–H groups in total. The summed E-state index contributed by atoms with van der Waals surface area (Å²) < 4.78 is 0. The number of hydrogen-bond donors (Lipinski definition) is 2. The Morgan fingerprint density at radius 3 is 2.28 bits per heavy atom. The lowest BCUT2D eigenvalue weighted by molar-refractivity contribution is 0.102. The van der Waals surface area contributed by atoms with E-state index in [2.05, 4.69) is 41.4 Å². The summed E-state index contributed by atoms with van der Waals surface area (Å²) in [4.78, 5) is 21.1.